The molecule has 0 N–H and O–H groups in total. The summed E-state index contributed by atoms with van der Waals surface area (Å²) in [6.07, 6.45) is -0.227. The summed E-state index contributed by atoms with van der Waals surface area (Å²) in [5.41, 5.74) is 4.09. The van der Waals surface area contributed by atoms with Crippen LogP contribution in [0.4, 0.5) is 5.69 Å². The molecule has 0 radical (unpaired) electrons. The van der Waals surface area contributed by atoms with E-state index in [2.05, 4.69) is 6.07 Å². The third-order valence-electron chi connectivity index (χ3n) is 6.63. The van der Waals surface area contributed by atoms with Crippen LogP contribution in [0.1, 0.15) is 17.5 Å². The van der Waals surface area contributed by atoms with Gasteiger partial charge in [-0.1, -0.05) is 42.5 Å². The number of nitrogens with zero attached hydrogens (tertiary/aromatic N) is 3. The molecule has 1 atom stereocenters. The van der Waals surface area contributed by atoms with Gasteiger partial charge in [0.1, 0.15) is 15.3 Å². The van der Waals surface area contributed by atoms with E-state index in [4.69, 9.17) is 4.98 Å². The number of thiazole rings is 1. The van der Waals surface area contributed by atoms with Crippen LogP contribution >= 0.6 is 22.7 Å². The van der Waals surface area contributed by atoms with Gasteiger partial charge in [0.25, 0.3) is 15.9 Å². The number of rotatable bonds is 7. The van der Waals surface area contributed by atoms with E-state index in [0.29, 0.717) is 5.69 Å². The highest BCUT2D eigenvalue weighted by Gasteiger charge is 2.47. The fourth-order valence-corrected chi connectivity index (χ4v) is 8.43. The average Bonchev–Trinajstić information content (AvgIpc) is 3.68. The molecular weight excluding hydrogens is 551 g/mol. The van der Waals surface area contributed by atoms with Crippen molar-refractivity contribution in [2.45, 2.75) is 30.1 Å². The molecule has 5 aromatic rings. The van der Waals surface area contributed by atoms with E-state index in [1.165, 1.54) is 6.07 Å². The number of hydrogen-bond donors (Lipinski definition) is 0. The molecule has 6 rings (SSSR count). The fraction of sp³-hybridized carbons (Fsp3) is 0.138. The minimum atomic E-state index is -4.01. The van der Waals surface area contributed by atoms with Gasteiger partial charge in [-0.25, -0.2) is 18.3 Å². The van der Waals surface area contributed by atoms with Crippen molar-refractivity contribution in [3.8, 4) is 10.6 Å². The van der Waals surface area contributed by atoms with Crippen LogP contribution in [0, 0.1) is 6.92 Å². The SMILES string of the molecule is Cc1ccc2nc(-c3ccc(N4C(=O)CC(N(Cc5ccccc5)S(=O)(=O)c5cccs5)C4=O)cc3)sc2c1. The summed E-state index contributed by atoms with van der Waals surface area (Å²) in [5.74, 6) is -0.994. The molecule has 7 nitrogen and oxygen atoms in total. The van der Waals surface area contributed by atoms with Crippen LogP contribution in [0.15, 0.2) is 94.5 Å². The molecule has 1 unspecified atom stereocenters. The number of aryl methyl sites for hydroxylation is 1. The molecule has 1 saturated heterocycles. The highest BCUT2D eigenvalue weighted by Crippen LogP contribution is 2.35. The molecule has 0 saturated carbocycles. The number of carbonyl (C=O) groups is 2. The number of benzene rings is 3. The van der Waals surface area contributed by atoms with Crippen LogP contribution in [0.2, 0.25) is 0 Å². The molecule has 1 fully saturated rings. The molecule has 0 bridgehead atoms. The Morgan fingerprint density at radius 1 is 0.974 bits per heavy atom. The third-order valence-corrected chi connectivity index (χ3v) is 10.9. The van der Waals surface area contributed by atoms with E-state index < -0.39 is 27.9 Å². The van der Waals surface area contributed by atoms with Crippen molar-refractivity contribution in [1.82, 2.24) is 9.29 Å². The molecule has 2 aromatic heterocycles. The molecule has 10 heteroatoms. The van der Waals surface area contributed by atoms with Crippen LogP contribution in [0.25, 0.3) is 20.8 Å². The fourth-order valence-electron chi connectivity index (χ4n) is 4.67. The molecule has 0 aliphatic carbocycles. The van der Waals surface area contributed by atoms with Crippen LogP contribution in [-0.2, 0) is 26.2 Å². The second kappa shape index (κ2) is 10.1. The Labute approximate surface area is 234 Å². The van der Waals surface area contributed by atoms with Gasteiger partial charge in [-0.15, -0.1) is 22.7 Å². The smallest absolute Gasteiger partial charge is 0.253 e. The predicted octanol–water partition coefficient (Wildman–Crippen LogP) is 5.86. The van der Waals surface area contributed by atoms with Gasteiger partial charge in [0.2, 0.25) is 5.91 Å². The second-order valence-corrected chi connectivity index (χ2v) is 13.4. The van der Waals surface area contributed by atoms with E-state index in [0.717, 1.165) is 52.5 Å². The zero-order valence-electron chi connectivity index (χ0n) is 20.9. The minimum absolute atomic E-state index is 0.0192. The van der Waals surface area contributed by atoms with E-state index >= 15 is 0 Å². The maximum absolute atomic E-state index is 13.7. The Bertz CT molecular complexity index is 1780. The summed E-state index contributed by atoms with van der Waals surface area (Å²) in [4.78, 5) is 32.6. The molecular formula is C29H23N3O4S3. The van der Waals surface area contributed by atoms with Crippen molar-refractivity contribution < 1.29 is 18.0 Å². The van der Waals surface area contributed by atoms with Crippen molar-refractivity contribution in [3.63, 3.8) is 0 Å². The summed E-state index contributed by atoms with van der Waals surface area (Å²) in [6, 6.07) is 24.3. The first kappa shape index (κ1) is 25.6. The van der Waals surface area contributed by atoms with Crippen LogP contribution in [0.5, 0.6) is 0 Å². The normalized spacial score (nSPS) is 16.1. The van der Waals surface area contributed by atoms with E-state index in [1.807, 2.05) is 49.4 Å². The van der Waals surface area contributed by atoms with Gasteiger partial charge < -0.3 is 0 Å². The number of thiophene rings is 1. The number of anilines is 1. The Kier molecular flexibility index (Phi) is 6.64. The number of sulfonamides is 1. The van der Waals surface area contributed by atoms with Gasteiger partial charge in [-0.3, -0.25) is 9.59 Å². The van der Waals surface area contributed by atoms with Crippen molar-refractivity contribution in [1.29, 1.82) is 0 Å². The van der Waals surface area contributed by atoms with Gasteiger partial charge in [-0.2, -0.15) is 4.31 Å². The second-order valence-electron chi connectivity index (χ2n) is 9.29. The summed E-state index contributed by atoms with van der Waals surface area (Å²) in [5, 5.41) is 2.52. The van der Waals surface area contributed by atoms with Crippen molar-refractivity contribution >= 4 is 60.4 Å². The average molecular weight is 574 g/mol. The lowest BCUT2D eigenvalue weighted by molar-refractivity contribution is -0.122. The van der Waals surface area contributed by atoms with Gasteiger partial charge in [0.15, 0.2) is 0 Å². The van der Waals surface area contributed by atoms with Crippen molar-refractivity contribution in [3.05, 3.63) is 101 Å². The molecule has 0 spiro atoms. The molecule has 196 valence electrons. The molecule has 1 aliphatic rings. The van der Waals surface area contributed by atoms with Crippen LogP contribution < -0.4 is 4.90 Å². The quantitative estimate of drug-likeness (QED) is 0.228. The Morgan fingerprint density at radius 2 is 1.74 bits per heavy atom. The monoisotopic (exact) mass is 573 g/mol. The Morgan fingerprint density at radius 3 is 2.46 bits per heavy atom. The van der Waals surface area contributed by atoms with Crippen LogP contribution in [-0.4, -0.2) is 35.6 Å². The predicted molar refractivity (Wildman–Crippen MR) is 154 cm³/mol. The molecule has 39 heavy (non-hydrogen) atoms. The lowest BCUT2D eigenvalue weighted by Crippen LogP contribution is -2.44. The molecule has 3 aromatic carbocycles. The number of amides is 2. The summed E-state index contributed by atoms with van der Waals surface area (Å²) < 4.78 is 29.6. The Hall–Kier alpha value is -3.70. The van der Waals surface area contributed by atoms with Gasteiger partial charge in [0, 0.05) is 12.1 Å². The number of hydrogen-bond acceptors (Lipinski definition) is 7. The summed E-state index contributed by atoms with van der Waals surface area (Å²) in [7, 11) is -4.01. The lowest BCUT2D eigenvalue weighted by Gasteiger charge is -2.26. The zero-order chi connectivity index (χ0) is 27.1. The molecule has 2 amide bonds. The first-order valence-corrected chi connectivity index (χ1v) is 15.4. The maximum Gasteiger partial charge on any atom is 0.253 e. The lowest BCUT2D eigenvalue weighted by atomic mass is 10.2. The topological polar surface area (TPSA) is 87.7 Å². The molecule has 1 aliphatic heterocycles. The van der Waals surface area contributed by atoms with Gasteiger partial charge >= 0.3 is 0 Å². The number of fused-ring (bicyclic) bond motifs is 1. The standard InChI is InChI=1S/C29H23N3O4S3/c1-19-9-14-23-25(16-19)38-28(30-23)21-10-12-22(13-11-21)32-26(33)17-24(29(32)34)31(18-20-6-3-2-4-7-20)39(35,36)27-8-5-15-37-27/h2-16,24H,17-18H2,1H3. The molecule has 3 heterocycles. The highest BCUT2D eigenvalue weighted by atomic mass is 32.2. The van der Waals surface area contributed by atoms with Gasteiger partial charge in [-0.05, 0) is 65.9 Å². The highest BCUT2D eigenvalue weighted by molar-refractivity contribution is 7.91. The van der Waals surface area contributed by atoms with Crippen molar-refractivity contribution in [2.75, 3.05) is 4.90 Å². The van der Waals surface area contributed by atoms with Gasteiger partial charge in [0.05, 0.1) is 22.3 Å². The minimum Gasteiger partial charge on any atom is -0.274 e. The van der Waals surface area contributed by atoms with Crippen LogP contribution in [0.3, 0.4) is 0 Å². The van der Waals surface area contributed by atoms with E-state index in [-0.39, 0.29) is 17.2 Å². The van der Waals surface area contributed by atoms with E-state index in [9.17, 15) is 18.0 Å². The van der Waals surface area contributed by atoms with Crippen molar-refractivity contribution in [2.24, 2.45) is 0 Å². The largest absolute Gasteiger partial charge is 0.274 e. The summed E-state index contributed by atoms with van der Waals surface area (Å²) in [6.45, 7) is 2.02. The first-order chi connectivity index (χ1) is 18.8. The summed E-state index contributed by atoms with van der Waals surface area (Å²) >= 11 is 2.66. The number of imide groups is 1. The third kappa shape index (κ3) is 4.80. The number of carbonyl (C=O) groups excluding carboxylic acids is 2. The maximum atomic E-state index is 13.7. The van der Waals surface area contributed by atoms with E-state index in [1.54, 1.807) is 47.0 Å². The Balaban J connectivity index is 1.30. The number of aromatic nitrogens is 1. The zero-order valence-corrected chi connectivity index (χ0v) is 23.3. The first-order valence-electron chi connectivity index (χ1n) is 12.2.